The molecule has 7 nitrogen and oxygen atoms in total. The molecule has 1 N–H and O–H groups in total. The predicted molar refractivity (Wildman–Crippen MR) is 112 cm³/mol. The Morgan fingerprint density at radius 1 is 1.28 bits per heavy atom. The lowest BCUT2D eigenvalue weighted by Crippen LogP contribution is -2.25. The first-order valence-corrected chi connectivity index (χ1v) is 11.1. The standard InChI is InChI=1S/C22H39N3O4/c1-22(2,3)28-20(26)15-18(12-8-11-17-9-6-5-7-10-17)21-24-19(25-29-21)16-23-13-14-27-4/h17-18,23H,5-16H2,1-4H3/t18-/m1/s1. The van der Waals surface area contributed by atoms with Crippen LogP contribution in [-0.4, -0.2) is 42.0 Å². The third kappa shape index (κ3) is 9.72. The molecule has 1 fully saturated rings. The molecular formula is C22H39N3O4. The Morgan fingerprint density at radius 2 is 2.03 bits per heavy atom. The first kappa shape index (κ1) is 23.8. The summed E-state index contributed by atoms with van der Waals surface area (Å²) in [6, 6.07) is 0. The molecule has 2 rings (SSSR count). The summed E-state index contributed by atoms with van der Waals surface area (Å²) in [7, 11) is 1.67. The molecule has 7 heteroatoms. The summed E-state index contributed by atoms with van der Waals surface area (Å²) in [5.41, 5.74) is -0.491. The van der Waals surface area contributed by atoms with Crippen LogP contribution >= 0.6 is 0 Å². The van der Waals surface area contributed by atoms with E-state index >= 15 is 0 Å². The first-order valence-electron chi connectivity index (χ1n) is 11.1. The Balaban J connectivity index is 1.91. The van der Waals surface area contributed by atoms with E-state index in [4.69, 9.17) is 14.0 Å². The summed E-state index contributed by atoms with van der Waals surface area (Å²) in [6.07, 6.45) is 10.2. The van der Waals surface area contributed by atoms with Crippen molar-refractivity contribution in [2.75, 3.05) is 20.3 Å². The van der Waals surface area contributed by atoms with Gasteiger partial charge >= 0.3 is 5.97 Å². The molecule has 1 aliphatic rings. The van der Waals surface area contributed by atoms with Crippen LogP contribution in [0.15, 0.2) is 4.52 Å². The van der Waals surface area contributed by atoms with Gasteiger partial charge in [-0.15, -0.1) is 0 Å². The van der Waals surface area contributed by atoms with Gasteiger partial charge in [0.25, 0.3) is 0 Å². The zero-order valence-corrected chi connectivity index (χ0v) is 18.7. The molecule has 29 heavy (non-hydrogen) atoms. The molecule has 0 amide bonds. The van der Waals surface area contributed by atoms with E-state index in [1.807, 2.05) is 20.8 Å². The van der Waals surface area contributed by atoms with Gasteiger partial charge in [-0.25, -0.2) is 0 Å². The van der Waals surface area contributed by atoms with Crippen molar-refractivity contribution in [3.8, 4) is 0 Å². The highest BCUT2D eigenvalue weighted by Crippen LogP contribution is 2.31. The molecule has 1 saturated carbocycles. The molecule has 1 aromatic heterocycles. The lowest BCUT2D eigenvalue weighted by atomic mass is 9.84. The van der Waals surface area contributed by atoms with Gasteiger partial charge in [0.1, 0.15) is 5.60 Å². The number of rotatable bonds is 12. The van der Waals surface area contributed by atoms with Crippen LogP contribution in [0.25, 0.3) is 0 Å². The van der Waals surface area contributed by atoms with E-state index in [0.717, 1.165) is 25.3 Å². The number of carbonyl (C=O) groups excluding carboxylic acids is 1. The van der Waals surface area contributed by atoms with Crippen LogP contribution in [0, 0.1) is 5.92 Å². The summed E-state index contributed by atoms with van der Waals surface area (Å²) in [5.74, 6) is 1.68. The van der Waals surface area contributed by atoms with Crippen molar-refractivity contribution in [2.45, 2.75) is 96.6 Å². The topological polar surface area (TPSA) is 86.5 Å². The van der Waals surface area contributed by atoms with Gasteiger partial charge in [-0.05, 0) is 33.1 Å². The first-order chi connectivity index (χ1) is 13.9. The Hall–Kier alpha value is -1.47. The molecule has 0 unspecified atom stereocenters. The Labute approximate surface area is 175 Å². The van der Waals surface area contributed by atoms with E-state index in [1.165, 1.54) is 38.5 Å². The summed E-state index contributed by atoms with van der Waals surface area (Å²) in [5, 5.41) is 7.28. The van der Waals surface area contributed by atoms with Gasteiger partial charge in [0.2, 0.25) is 5.89 Å². The van der Waals surface area contributed by atoms with Crippen LogP contribution in [0.1, 0.15) is 96.2 Å². The van der Waals surface area contributed by atoms with E-state index in [9.17, 15) is 4.79 Å². The highest BCUT2D eigenvalue weighted by atomic mass is 16.6. The smallest absolute Gasteiger partial charge is 0.307 e. The maximum absolute atomic E-state index is 12.4. The molecule has 0 bridgehead atoms. The highest BCUT2D eigenvalue weighted by molar-refractivity contribution is 5.70. The van der Waals surface area contributed by atoms with Crippen LogP contribution in [0.3, 0.4) is 0 Å². The minimum atomic E-state index is -0.491. The Kier molecular flexibility index (Phi) is 10.1. The zero-order chi connectivity index (χ0) is 21.1. The molecule has 0 radical (unpaired) electrons. The number of ether oxygens (including phenoxy) is 2. The van der Waals surface area contributed by atoms with Crippen molar-refractivity contribution in [3.05, 3.63) is 11.7 Å². The number of methoxy groups -OCH3 is 1. The molecule has 1 atom stereocenters. The van der Waals surface area contributed by atoms with E-state index in [1.54, 1.807) is 7.11 Å². The number of esters is 1. The fraction of sp³-hybridized carbons (Fsp3) is 0.864. The molecule has 0 aliphatic heterocycles. The van der Waals surface area contributed by atoms with Crippen LogP contribution in [0.5, 0.6) is 0 Å². The third-order valence-corrected chi connectivity index (χ3v) is 5.32. The summed E-state index contributed by atoms with van der Waals surface area (Å²) in [6.45, 7) is 7.54. The second-order valence-electron chi connectivity index (χ2n) is 9.14. The average Bonchev–Trinajstić information content (AvgIpc) is 3.13. The van der Waals surface area contributed by atoms with Gasteiger partial charge in [0, 0.05) is 19.6 Å². The SMILES string of the molecule is COCCNCc1noc([C@H](CCCC2CCCCC2)CC(=O)OC(C)(C)C)n1. The second-order valence-corrected chi connectivity index (χ2v) is 9.14. The van der Waals surface area contributed by atoms with Crippen molar-refractivity contribution in [3.63, 3.8) is 0 Å². The molecular weight excluding hydrogens is 370 g/mol. The number of aromatic nitrogens is 2. The second kappa shape index (κ2) is 12.3. The number of carbonyl (C=O) groups is 1. The molecule has 0 aromatic carbocycles. The fourth-order valence-electron chi connectivity index (χ4n) is 3.91. The van der Waals surface area contributed by atoms with Gasteiger partial charge in [-0.2, -0.15) is 4.98 Å². The molecule has 1 aliphatic carbocycles. The Morgan fingerprint density at radius 3 is 2.72 bits per heavy atom. The minimum Gasteiger partial charge on any atom is -0.460 e. The van der Waals surface area contributed by atoms with Gasteiger partial charge in [-0.3, -0.25) is 4.79 Å². The fourth-order valence-corrected chi connectivity index (χ4v) is 3.91. The average molecular weight is 410 g/mol. The predicted octanol–water partition coefficient (Wildman–Crippen LogP) is 4.37. The number of nitrogens with zero attached hydrogens (tertiary/aromatic N) is 2. The van der Waals surface area contributed by atoms with Gasteiger partial charge < -0.3 is 19.3 Å². The van der Waals surface area contributed by atoms with E-state index in [0.29, 0.717) is 24.9 Å². The van der Waals surface area contributed by atoms with Crippen molar-refractivity contribution < 1.29 is 18.8 Å². The molecule has 0 spiro atoms. The molecule has 0 saturated heterocycles. The molecule has 1 heterocycles. The third-order valence-electron chi connectivity index (χ3n) is 5.32. The summed E-state index contributed by atoms with van der Waals surface area (Å²) < 4.78 is 16.1. The van der Waals surface area contributed by atoms with Crippen LogP contribution in [-0.2, 0) is 20.8 Å². The van der Waals surface area contributed by atoms with Gasteiger partial charge in [0.05, 0.1) is 19.6 Å². The van der Waals surface area contributed by atoms with Crippen molar-refractivity contribution in [1.29, 1.82) is 0 Å². The quantitative estimate of drug-likeness (QED) is 0.405. The van der Waals surface area contributed by atoms with Gasteiger partial charge in [0.15, 0.2) is 5.82 Å². The molecule has 1 aromatic rings. The number of hydrogen-bond acceptors (Lipinski definition) is 7. The maximum atomic E-state index is 12.4. The molecule has 166 valence electrons. The normalized spacial score (nSPS) is 16.7. The lowest BCUT2D eigenvalue weighted by molar-refractivity contribution is -0.155. The van der Waals surface area contributed by atoms with Crippen molar-refractivity contribution >= 4 is 5.97 Å². The zero-order valence-electron chi connectivity index (χ0n) is 18.7. The maximum Gasteiger partial charge on any atom is 0.307 e. The van der Waals surface area contributed by atoms with E-state index < -0.39 is 5.60 Å². The number of nitrogens with one attached hydrogen (secondary N) is 1. The van der Waals surface area contributed by atoms with E-state index in [2.05, 4.69) is 15.5 Å². The van der Waals surface area contributed by atoms with Crippen LogP contribution < -0.4 is 5.32 Å². The van der Waals surface area contributed by atoms with Crippen LogP contribution in [0.2, 0.25) is 0 Å². The summed E-state index contributed by atoms with van der Waals surface area (Å²) in [4.78, 5) is 17.0. The minimum absolute atomic E-state index is 0.0892. The van der Waals surface area contributed by atoms with Crippen molar-refractivity contribution in [1.82, 2.24) is 15.5 Å². The summed E-state index contributed by atoms with van der Waals surface area (Å²) >= 11 is 0. The highest BCUT2D eigenvalue weighted by Gasteiger charge is 2.26. The van der Waals surface area contributed by atoms with Crippen molar-refractivity contribution in [2.24, 2.45) is 5.92 Å². The van der Waals surface area contributed by atoms with Crippen LogP contribution in [0.4, 0.5) is 0 Å². The number of hydrogen-bond donors (Lipinski definition) is 1. The van der Waals surface area contributed by atoms with E-state index in [-0.39, 0.29) is 18.3 Å². The Bertz CT molecular complexity index is 591. The van der Waals surface area contributed by atoms with Gasteiger partial charge in [-0.1, -0.05) is 50.1 Å². The monoisotopic (exact) mass is 409 g/mol. The lowest BCUT2D eigenvalue weighted by Gasteiger charge is -2.23. The largest absolute Gasteiger partial charge is 0.460 e.